The topological polar surface area (TPSA) is 64.1 Å². The van der Waals surface area contributed by atoms with Gasteiger partial charge < -0.3 is 10.1 Å². The summed E-state index contributed by atoms with van der Waals surface area (Å²) >= 11 is 3.39. The molecule has 1 N–H and O–H groups in total. The first kappa shape index (κ1) is 15.4. The number of carbonyl (C=O) groups is 1. The normalized spacial score (nSPS) is 10.5. The van der Waals surface area contributed by atoms with Crippen molar-refractivity contribution in [3.63, 3.8) is 0 Å². The standard InChI is InChI=1S/C17H14BrN3O2/c1-11-19-14-8-4-2-6-12(14)17(20-11)23-10-16(22)21-15-9-5-3-7-13(15)18/h2-9H,10H2,1H3,(H,21,22). The summed E-state index contributed by atoms with van der Waals surface area (Å²) in [5.74, 6) is 0.762. The Morgan fingerprint density at radius 3 is 2.70 bits per heavy atom. The van der Waals surface area contributed by atoms with Gasteiger partial charge in [-0.2, -0.15) is 4.98 Å². The van der Waals surface area contributed by atoms with Crippen LogP contribution in [0, 0.1) is 6.92 Å². The fourth-order valence-corrected chi connectivity index (χ4v) is 2.54. The van der Waals surface area contributed by atoms with Gasteiger partial charge in [-0.1, -0.05) is 24.3 Å². The number of nitrogens with one attached hydrogen (secondary N) is 1. The summed E-state index contributed by atoms with van der Waals surface area (Å²) in [6, 6.07) is 14.9. The molecule has 0 aliphatic rings. The third kappa shape index (κ3) is 3.65. The number of amides is 1. The van der Waals surface area contributed by atoms with Gasteiger partial charge in [0, 0.05) is 4.47 Å². The van der Waals surface area contributed by atoms with E-state index in [2.05, 4.69) is 31.2 Å². The number of aromatic nitrogens is 2. The van der Waals surface area contributed by atoms with Crippen molar-refractivity contribution in [2.75, 3.05) is 11.9 Å². The van der Waals surface area contributed by atoms with Gasteiger partial charge in [0.1, 0.15) is 5.82 Å². The van der Waals surface area contributed by atoms with Crippen LogP contribution in [-0.4, -0.2) is 22.5 Å². The second-order valence-corrected chi connectivity index (χ2v) is 5.76. The molecule has 3 aromatic rings. The third-order valence-electron chi connectivity index (χ3n) is 3.17. The minimum Gasteiger partial charge on any atom is -0.467 e. The number of nitrogens with zero attached hydrogens (tertiary/aromatic N) is 2. The molecule has 0 spiro atoms. The quantitative estimate of drug-likeness (QED) is 0.758. The van der Waals surface area contributed by atoms with Crippen molar-refractivity contribution in [3.05, 3.63) is 58.8 Å². The van der Waals surface area contributed by atoms with Crippen LogP contribution < -0.4 is 10.1 Å². The number of ether oxygens (including phenoxy) is 1. The maximum atomic E-state index is 12.1. The van der Waals surface area contributed by atoms with Crippen LogP contribution in [0.5, 0.6) is 5.88 Å². The number of para-hydroxylation sites is 2. The summed E-state index contributed by atoms with van der Waals surface area (Å²) in [6.07, 6.45) is 0. The van der Waals surface area contributed by atoms with Gasteiger partial charge in [-0.05, 0) is 47.1 Å². The number of fused-ring (bicyclic) bond motifs is 1. The minimum atomic E-state index is -0.253. The van der Waals surface area contributed by atoms with E-state index in [0.29, 0.717) is 17.4 Å². The molecule has 0 saturated heterocycles. The summed E-state index contributed by atoms with van der Waals surface area (Å²) in [6.45, 7) is 1.67. The lowest BCUT2D eigenvalue weighted by molar-refractivity contribution is -0.118. The van der Waals surface area contributed by atoms with E-state index < -0.39 is 0 Å². The van der Waals surface area contributed by atoms with Crippen LogP contribution in [0.1, 0.15) is 5.82 Å². The lowest BCUT2D eigenvalue weighted by Crippen LogP contribution is -2.21. The Kier molecular flexibility index (Phi) is 4.52. The summed E-state index contributed by atoms with van der Waals surface area (Å²) in [5.41, 5.74) is 1.49. The first-order chi connectivity index (χ1) is 11.1. The maximum Gasteiger partial charge on any atom is 0.262 e. The molecule has 6 heteroatoms. The molecule has 0 fully saturated rings. The number of aryl methyl sites for hydroxylation is 1. The SMILES string of the molecule is Cc1nc(OCC(=O)Nc2ccccc2Br)c2ccccc2n1. The molecular weight excluding hydrogens is 358 g/mol. The molecule has 5 nitrogen and oxygen atoms in total. The van der Waals surface area contributed by atoms with Crippen molar-refractivity contribution >= 4 is 38.4 Å². The Bertz CT molecular complexity index is 867. The molecule has 3 rings (SSSR count). The van der Waals surface area contributed by atoms with Crippen molar-refractivity contribution < 1.29 is 9.53 Å². The second-order valence-electron chi connectivity index (χ2n) is 4.91. The molecule has 1 amide bonds. The maximum absolute atomic E-state index is 12.1. The van der Waals surface area contributed by atoms with Crippen molar-refractivity contribution in [3.8, 4) is 5.88 Å². The average molecular weight is 372 g/mol. The van der Waals surface area contributed by atoms with Gasteiger partial charge in [-0.15, -0.1) is 0 Å². The van der Waals surface area contributed by atoms with Crippen LogP contribution in [0.25, 0.3) is 10.9 Å². The van der Waals surface area contributed by atoms with Gasteiger partial charge >= 0.3 is 0 Å². The van der Waals surface area contributed by atoms with Gasteiger partial charge in [0.15, 0.2) is 6.61 Å². The molecule has 0 aliphatic heterocycles. The van der Waals surface area contributed by atoms with E-state index in [1.807, 2.05) is 48.5 Å². The molecular formula is C17H14BrN3O2. The molecule has 0 saturated carbocycles. The van der Waals surface area contributed by atoms with Crippen LogP contribution in [0.2, 0.25) is 0 Å². The largest absolute Gasteiger partial charge is 0.467 e. The van der Waals surface area contributed by atoms with E-state index >= 15 is 0 Å². The Morgan fingerprint density at radius 1 is 1.13 bits per heavy atom. The molecule has 0 radical (unpaired) electrons. The van der Waals surface area contributed by atoms with E-state index in [0.717, 1.165) is 15.4 Å². The third-order valence-corrected chi connectivity index (χ3v) is 3.86. The van der Waals surface area contributed by atoms with Crippen LogP contribution in [0.3, 0.4) is 0 Å². The highest BCUT2D eigenvalue weighted by atomic mass is 79.9. The molecule has 1 aromatic heterocycles. The number of anilines is 1. The molecule has 0 unspecified atom stereocenters. The van der Waals surface area contributed by atoms with E-state index in [4.69, 9.17) is 4.74 Å². The Hall–Kier alpha value is -2.47. The van der Waals surface area contributed by atoms with Crippen molar-refractivity contribution in [2.45, 2.75) is 6.92 Å². The van der Waals surface area contributed by atoms with Gasteiger partial charge in [-0.25, -0.2) is 4.98 Å². The van der Waals surface area contributed by atoms with Crippen LogP contribution in [0.4, 0.5) is 5.69 Å². The van der Waals surface area contributed by atoms with Crippen LogP contribution in [-0.2, 0) is 4.79 Å². The summed E-state index contributed by atoms with van der Waals surface area (Å²) < 4.78 is 6.41. The fourth-order valence-electron chi connectivity index (χ4n) is 2.15. The molecule has 2 aromatic carbocycles. The molecule has 0 bridgehead atoms. The predicted molar refractivity (Wildman–Crippen MR) is 92.5 cm³/mol. The number of hydrogen-bond donors (Lipinski definition) is 1. The lowest BCUT2D eigenvalue weighted by atomic mass is 10.2. The molecule has 0 atom stereocenters. The summed E-state index contributed by atoms with van der Waals surface area (Å²) in [4.78, 5) is 20.7. The fraction of sp³-hybridized carbons (Fsp3) is 0.118. The highest BCUT2D eigenvalue weighted by molar-refractivity contribution is 9.10. The first-order valence-corrected chi connectivity index (χ1v) is 7.83. The molecule has 116 valence electrons. The van der Waals surface area contributed by atoms with Crippen molar-refractivity contribution in [2.24, 2.45) is 0 Å². The van der Waals surface area contributed by atoms with E-state index in [1.165, 1.54) is 0 Å². The first-order valence-electron chi connectivity index (χ1n) is 7.04. The minimum absolute atomic E-state index is 0.123. The van der Waals surface area contributed by atoms with Crippen LogP contribution >= 0.6 is 15.9 Å². The average Bonchev–Trinajstić information content (AvgIpc) is 2.54. The predicted octanol–water partition coefficient (Wildman–Crippen LogP) is 3.72. The zero-order chi connectivity index (χ0) is 16.2. The number of benzene rings is 2. The molecule has 23 heavy (non-hydrogen) atoms. The highest BCUT2D eigenvalue weighted by Crippen LogP contribution is 2.23. The Balaban J connectivity index is 1.73. The lowest BCUT2D eigenvalue weighted by Gasteiger charge is -2.10. The van der Waals surface area contributed by atoms with Gasteiger partial charge in [0.2, 0.25) is 5.88 Å². The Labute approximate surface area is 141 Å². The van der Waals surface area contributed by atoms with E-state index in [9.17, 15) is 4.79 Å². The van der Waals surface area contributed by atoms with Crippen molar-refractivity contribution in [1.82, 2.24) is 9.97 Å². The van der Waals surface area contributed by atoms with Crippen molar-refractivity contribution in [1.29, 1.82) is 0 Å². The van der Waals surface area contributed by atoms with Gasteiger partial charge in [-0.3, -0.25) is 4.79 Å². The highest BCUT2D eigenvalue weighted by Gasteiger charge is 2.10. The number of halogens is 1. The van der Waals surface area contributed by atoms with E-state index in [1.54, 1.807) is 6.92 Å². The Morgan fingerprint density at radius 2 is 1.87 bits per heavy atom. The molecule has 0 aliphatic carbocycles. The second kappa shape index (κ2) is 6.75. The zero-order valence-corrected chi connectivity index (χ0v) is 14.0. The monoisotopic (exact) mass is 371 g/mol. The van der Waals surface area contributed by atoms with E-state index in [-0.39, 0.29) is 12.5 Å². The summed E-state index contributed by atoms with van der Waals surface area (Å²) in [5, 5.41) is 3.57. The summed E-state index contributed by atoms with van der Waals surface area (Å²) in [7, 11) is 0. The smallest absolute Gasteiger partial charge is 0.262 e. The van der Waals surface area contributed by atoms with Crippen LogP contribution in [0.15, 0.2) is 53.0 Å². The van der Waals surface area contributed by atoms with Gasteiger partial charge in [0.25, 0.3) is 5.91 Å². The number of hydrogen-bond acceptors (Lipinski definition) is 4. The number of carbonyl (C=O) groups excluding carboxylic acids is 1. The molecule has 1 heterocycles. The zero-order valence-electron chi connectivity index (χ0n) is 12.4. The van der Waals surface area contributed by atoms with Gasteiger partial charge in [0.05, 0.1) is 16.6 Å². The number of rotatable bonds is 4.